The summed E-state index contributed by atoms with van der Waals surface area (Å²) in [6.45, 7) is 0.449. The number of nitrogens with zero attached hydrogens (tertiary/aromatic N) is 2. The maximum atomic E-state index is 13.2. The van der Waals surface area contributed by atoms with Gasteiger partial charge in [-0.05, 0) is 55.5 Å². The highest BCUT2D eigenvalue weighted by Crippen LogP contribution is 2.37. The van der Waals surface area contributed by atoms with Crippen molar-refractivity contribution in [3.8, 4) is 11.5 Å². The summed E-state index contributed by atoms with van der Waals surface area (Å²) in [5.74, 6) is 0.890. The van der Waals surface area contributed by atoms with Gasteiger partial charge in [0, 0.05) is 12.3 Å². The van der Waals surface area contributed by atoms with Crippen molar-refractivity contribution in [1.82, 2.24) is 5.32 Å². The average molecular weight is 421 g/mol. The maximum Gasteiger partial charge on any atom is 0.240 e. The molecule has 1 fully saturated rings. The van der Waals surface area contributed by atoms with Gasteiger partial charge in [0.2, 0.25) is 11.8 Å². The second-order valence-corrected chi connectivity index (χ2v) is 7.75. The first kappa shape index (κ1) is 20.9. The molecule has 0 aromatic heterocycles. The van der Waals surface area contributed by atoms with E-state index in [1.54, 1.807) is 19.1 Å². The number of nitrogens with one attached hydrogen (secondary N) is 1. The highest BCUT2D eigenvalue weighted by atomic mass is 16.5. The molecule has 7 nitrogen and oxygen atoms in total. The molecule has 1 aliphatic heterocycles. The van der Waals surface area contributed by atoms with E-state index in [1.807, 2.05) is 42.5 Å². The molecule has 2 aliphatic rings. The predicted molar refractivity (Wildman–Crippen MR) is 119 cm³/mol. The second kappa shape index (κ2) is 9.20. The lowest BCUT2D eigenvalue weighted by Gasteiger charge is -2.24. The number of amides is 2. The summed E-state index contributed by atoms with van der Waals surface area (Å²) in [6, 6.07) is 13.2. The van der Waals surface area contributed by atoms with E-state index in [-0.39, 0.29) is 24.3 Å². The fraction of sp³-hybridized carbons (Fsp3) is 0.375. The van der Waals surface area contributed by atoms with Crippen LogP contribution < -0.4 is 19.7 Å². The van der Waals surface area contributed by atoms with Gasteiger partial charge in [-0.25, -0.2) is 0 Å². The van der Waals surface area contributed by atoms with Crippen LogP contribution in [-0.4, -0.2) is 44.8 Å². The molecule has 31 heavy (non-hydrogen) atoms. The van der Waals surface area contributed by atoms with E-state index in [1.165, 1.54) is 0 Å². The first-order chi connectivity index (χ1) is 15.1. The number of carbonyl (C=O) groups is 2. The van der Waals surface area contributed by atoms with Crippen LogP contribution in [0, 0.1) is 5.92 Å². The van der Waals surface area contributed by atoms with Crippen LogP contribution in [0.3, 0.4) is 0 Å². The van der Waals surface area contributed by atoms with Crippen molar-refractivity contribution in [3.05, 3.63) is 48.0 Å². The number of fused-ring (bicyclic) bond motifs is 2. The van der Waals surface area contributed by atoms with Crippen LogP contribution in [-0.2, 0) is 16.0 Å². The van der Waals surface area contributed by atoms with Crippen molar-refractivity contribution in [1.29, 1.82) is 0 Å². The lowest BCUT2D eigenvalue weighted by molar-refractivity contribution is -0.124. The zero-order valence-corrected chi connectivity index (χ0v) is 17.9. The first-order valence-corrected chi connectivity index (χ1v) is 10.6. The Morgan fingerprint density at radius 3 is 2.77 bits per heavy atom. The zero-order valence-electron chi connectivity index (χ0n) is 17.9. The Bertz CT molecular complexity index is 1020. The highest BCUT2D eigenvalue weighted by Gasteiger charge is 2.36. The van der Waals surface area contributed by atoms with Crippen LogP contribution in [0.15, 0.2) is 47.5 Å². The number of benzene rings is 2. The van der Waals surface area contributed by atoms with Gasteiger partial charge in [-0.1, -0.05) is 18.2 Å². The molecular formula is C24H27N3O4. The summed E-state index contributed by atoms with van der Waals surface area (Å²) in [4.78, 5) is 32.2. The Morgan fingerprint density at radius 1 is 1.16 bits per heavy atom. The monoisotopic (exact) mass is 421 g/mol. The molecule has 1 aliphatic carbocycles. The van der Waals surface area contributed by atoms with Crippen molar-refractivity contribution in [3.63, 3.8) is 0 Å². The van der Waals surface area contributed by atoms with Crippen LogP contribution in [0.4, 0.5) is 11.4 Å². The molecule has 0 spiro atoms. The second-order valence-electron chi connectivity index (χ2n) is 7.75. The molecule has 0 radical (unpaired) electrons. The van der Waals surface area contributed by atoms with E-state index in [2.05, 4.69) is 5.32 Å². The van der Waals surface area contributed by atoms with E-state index in [9.17, 15) is 9.59 Å². The molecule has 2 aromatic carbocycles. The largest absolute Gasteiger partial charge is 0.493 e. The molecule has 0 unspecified atom stereocenters. The number of hydrogen-bond acceptors (Lipinski definition) is 5. The SMILES string of the molecule is COc1ccc(CCNC(=O)CN2C(=O)[C@H]3CCCC3=Nc3ccccc32)cc1OC. The van der Waals surface area contributed by atoms with Gasteiger partial charge in [0.1, 0.15) is 6.54 Å². The molecular weight excluding hydrogens is 394 g/mol. The van der Waals surface area contributed by atoms with E-state index >= 15 is 0 Å². The summed E-state index contributed by atoms with van der Waals surface area (Å²) in [6.07, 6.45) is 3.24. The van der Waals surface area contributed by atoms with Crippen LogP contribution in [0.25, 0.3) is 0 Å². The average Bonchev–Trinajstić information content (AvgIpc) is 3.21. The summed E-state index contributed by atoms with van der Waals surface area (Å²) >= 11 is 0. The minimum absolute atomic E-state index is 0.0128. The van der Waals surface area contributed by atoms with Gasteiger partial charge in [-0.15, -0.1) is 0 Å². The Morgan fingerprint density at radius 2 is 1.97 bits per heavy atom. The Labute approximate surface area is 182 Å². The van der Waals surface area contributed by atoms with Crippen molar-refractivity contribution in [2.24, 2.45) is 10.9 Å². The van der Waals surface area contributed by atoms with E-state index < -0.39 is 0 Å². The Kier molecular flexibility index (Phi) is 6.21. The van der Waals surface area contributed by atoms with Crippen LogP contribution in [0.2, 0.25) is 0 Å². The van der Waals surface area contributed by atoms with Crippen LogP contribution >= 0.6 is 0 Å². The summed E-state index contributed by atoms with van der Waals surface area (Å²) < 4.78 is 10.6. The smallest absolute Gasteiger partial charge is 0.240 e. The number of carbonyl (C=O) groups excluding carboxylic acids is 2. The molecule has 1 saturated carbocycles. The van der Waals surface area contributed by atoms with Crippen molar-refractivity contribution in [2.75, 3.05) is 32.2 Å². The summed E-state index contributed by atoms with van der Waals surface area (Å²) in [5.41, 5.74) is 3.42. The molecule has 162 valence electrons. The molecule has 2 amide bonds. The third-order valence-electron chi connectivity index (χ3n) is 5.81. The predicted octanol–water partition coefficient (Wildman–Crippen LogP) is 3.28. The molecule has 1 atom stereocenters. The summed E-state index contributed by atoms with van der Waals surface area (Å²) in [5, 5.41) is 2.93. The number of anilines is 1. The van der Waals surface area contributed by atoms with Crippen molar-refractivity contribution >= 4 is 28.9 Å². The lowest BCUT2D eigenvalue weighted by atomic mass is 10.1. The quantitative estimate of drug-likeness (QED) is 0.744. The fourth-order valence-electron chi connectivity index (χ4n) is 4.22. The van der Waals surface area contributed by atoms with Gasteiger partial charge in [0.25, 0.3) is 0 Å². The highest BCUT2D eigenvalue weighted by molar-refractivity contribution is 6.16. The zero-order chi connectivity index (χ0) is 21.8. The minimum Gasteiger partial charge on any atom is -0.493 e. The van der Waals surface area contributed by atoms with Crippen molar-refractivity contribution < 1.29 is 19.1 Å². The van der Waals surface area contributed by atoms with Crippen LogP contribution in [0.1, 0.15) is 24.8 Å². The molecule has 1 heterocycles. The van der Waals surface area contributed by atoms with Gasteiger partial charge in [-0.2, -0.15) is 0 Å². The van der Waals surface area contributed by atoms with Gasteiger partial charge in [-0.3, -0.25) is 14.6 Å². The minimum atomic E-state index is -0.216. The number of ether oxygens (including phenoxy) is 2. The Balaban J connectivity index is 1.41. The normalized spacial score (nSPS) is 17.4. The summed E-state index contributed by atoms with van der Waals surface area (Å²) in [7, 11) is 3.19. The molecule has 1 N–H and O–H groups in total. The number of methoxy groups -OCH3 is 2. The number of rotatable bonds is 7. The van der Waals surface area contributed by atoms with E-state index in [4.69, 9.17) is 14.5 Å². The Hall–Kier alpha value is -3.35. The van der Waals surface area contributed by atoms with E-state index in [0.717, 1.165) is 36.2 Å². The number of hydrogen-bond donors (Lipinski definition) is 1. The topological polar surface area (TPSA) is 80.2 Å². The standard InChI is InChI=1S/C24H27N3O4/c1-30-21-11-10-16(14-22(21)31-2)12-13-25-23(28)15-27-20-9-4-3-7-19(20)26-18-8-5-6-17(18)24(27)29/h3-4,7,9-11,14,17H,5-6,8,12-13,15H2,1-2H3,(H,25,28)/t17-/m0/s1. The van der Waals surface area contributed by atoms with Gasteiger partial charge < -0.3 is 19.7 Å². The first-order valence-electron chi connectivity index (χ1n) is 10.6. The number of para-hydroxylation sites is 2. The van der Waals surface area contributed by atoms with Crippen molar-refractivity contribution in [2.45, 2.75) is 25.7 Å². The third kappa shape index (κ3) is 4.40. The molecule has 4 rings (SSSR count). The van der Waals surface area contributed by atoms with Gasteiger partial charge >= 0.3 is 0 Å². The molecule has 7 heteroatoms. The molecule has 2 aromatic rings. The molecule has 0 bridgehead atoms. The van der Waals surface area contributed by atoms with E-state index in [0.29, 0.717) is 30.2 Å². The molecule has 0 saturated heterocycles. The van der Waals surface area contributed by atoms with Gasteiger partial charge in [0.05, 0.1) is 31.5 Å². The third-order valence-corrected chi connectivity index (χ3v) is 5.81. The van der Waals surface area contributed by atoms with Crippen LogP contribution in [0.5, 0.6) is 11.5 Å². The number of aliphatic imine (C=N–C) groups is 1. The maximum absolute atomic E-state index is 13.2. The lowest BCUT2D eigenvalue weighted by Crippen LogP contribution is -2.44. The fourth-order valence-corrected chi connectivity index (χ4v) is 4.22. The van der Waals surface area contributed by atoms with Gasteiger partial charge in [0.15, 0.2) is 11.5 Å².